The summed E-state index contributed by atoms with van der Waals surface area (Å²) < 4.78 is 0. The van der Waals surface area contributed by atoms with Crippen LogP contribution in [0.15, 0.2) is 12.1 Å². The van der Waals surface area contributed by atoms with E-state index in [-0.39, 0.29) is 6.04 Å². The Balaban J connectivity index is 2.62. The maximum Gasteiger partial charge on any atom is 0.0456 e. The summed E-state index contributed by atoms with van der Waals surface area (Å²) in [5.41, 5.74) is 9.82. The molecule has 0 fully saturated rings. The molecule has 0 amide bonds. The van der Waals surface area contributed by atoms with Gasteiger partial charge in [0, 0.05) is 11.1 Å². The first-order valence-corrected chi connectivity index (χ1v) is 6.96. The number of rotatable bonds is 6. The highest BCUT2D eigenvalue weighted by molar-refractivity contribution is 6.31. The van der Waals surface area contributed by atoms with Gasteiger partial charge in [0.2, 0.25) is 0 Å². The molecule has 0 aliphatic carbocycles. The van der Waals surface area contributed by atoms with Gasteiger partial charge in [-0.2, -0.15) is 0 Å². The van der Waals surface area contributed by atoms with E-state index >= 15 is 0 Å². The van der Waals surface area contributed by atoms with Crippen LogP contribution in [-0.4, -0.2) is 0 Å². The van der Waals surface area contributed by atoms with E-state index < -0.39 is 0 Å². The summed E-state index contributed by atoms with van der Waals surface area (Å²) in [5.74, 6) is 0. The van der Waals surface area contributed by atoms with Crippen LogP contribution in [0.4, 0.5) is 0 Å². The highest BCUT2D eigenvalue weighted by Gasteiger charge is 2.11. The van der Waals surface area contributed by atoms with Crippen molar-refractivity contribution in [3.8, 4) is 0 Å². The molecule has 0 spiro atoms. The zero-order valence-electron chi connectivity index (χ0n) is 11.2. The molecule has 1 atom stereocenters. The van der Waals surface area contributed by atoms with Gasteiger partial charge < -0.3 is 5.73 Å². The Labute approximate surface area is 110 Å². The lowest BCUT2D eigenvalue weighted by atomic mass is 9.97. The van der Waals surface area contributed by atoms with Crippen LogP contribution in [0, 0.1) is 13.8 Å². The first-order chi connectivity index (χ1) is 8.06. The van der Waals surface area contributed by atoms with Crippen LogP contribution < -0.4 is 5.73 Å². The number of unbranched alkanes of at least 4 members (excludes halogenated alkanes) is 3. The minimum absolute atomic E-state index is 0.0821. The van der Waals surface area contributed by atoms with E-state index in [0.717, 1.165) is 17.0 Å². The second kappa shape index (κ2) is 7.03. The molecule has 1 rings (SSSR count). The molecular formula is C15H24ClN. The van der Waals surface area contributed by atoms with Crippen molar-refractivity contribution < 1.29 is 0 Å². The highest BCUT2D eigenvalue weighted by Crippen LogP contribution is 2.28. The Morgan fingerprint density at radius 2 is 1.76 bits per heavy atom. The van der Waals surface area contributed by atoms with Crippen LogP contribution in [0.3, 0.4) is 0 Å². The SMILES string of the molecule is CCCCCCC(N)c1cc(C)c(C)cc1Cl. The number of hydrogen-bond donors (Lipinski definition) is 1. The van der Waals surface area contributed by atoms with Gasteiger partial charge in [-0.1, -0.05) is 50.3 Å². The van der Waals surface area contributed by atoms with Gasteiger partial charge in [0.05, 0.1) is 0 Å². The molecule has 0 aliphatic heterocycles. The second-order valence-electron chi connectivity index (χ2n) is 4.91. The van der Waals surface area contributed by atoms with E-state index in [1.807, 2.05) is 6.07 Å². The molecule has 17 heavy (non-hydrogen) atoms. The largest absolute Gasteiger partial charge is 0.324 e. The summed E-state index contributed by atoms with van der Waals surface area (Å²) >= 11 is 6.26. The van der Waals surface area contributed by atoms with E-state index in [2.05, 4.69) is 26.8 Å². The van der Waals surface area contributed by atoms with Crippen LogP contribution in [0.2, 0.25) is 5.02 Å². The lowest BCUT2D eigenvalue weighted by molar-refractivity contribution is 0.566. The summed E-state index contributed by atoms with van der Waals surface area (Å²) in [6.07, 6.45) is 6.06. The van der Waals surface area contributed by atoms with E-state index in [9.17, 15) is 0 Å². The van der Waals surface area contributed by atoms with Gasteiger partial charge in [0.25, 0.3) is 0 Å². The average Bonchev–Trinajstić information content (AvgIpc) is 2.29. The van der Waals surface area contributed by atoms with Crippen molar-refractivity contribution in [3.63, 3.8) is 0 Å². The van der Waals surface area contributed by atoms with Crippen molar-refractivity contribution in [3.05, 3.63) is 33.8 Å². The maximum atomic E-state index is 6.26. The Hall–Kier alpha value is -0.530. The number of halogens is 1. The number of nitrogens with two attached hydrogens (primary N) is 1. The standard InChI is InChI=1S/C15H24ClN/c1-4-5-6-7-8-15(17)13-9-11(2)12(3)10-14(13)16/h9-10,15H,4-8,17H2,1-3H3. The van der Waals surface area contributed by atoms with Gasteiger partial charge in [-0.15, -0.1) is 0 Å². The fraction of sp³-hybridized carbons (Fsp3) is 0.600. The molecule has 2 heteroatoms. The van der Waals surface area contributed by atoms with Gasteiger partial charge in [-0.3, -0.25) is 0 Å². The number of hydrogen-bond acceptors (Lipinski definition) is 1. The minimum Gasteiger partial charge on any atom is -0.324 e. The smallest absolute Gasteiger partial charge is 0.0456 e. The van der Waals surface area contributed by atoms with Gasteiger partial charge >= 0.3 is 0 Å². The van der Waals surface area contributed by atoms with Crippen molar-refractivity contribution in [2.75, 3.05) is 0 Å². The quantitative estimate of drug-likeness (QED) is 0.715. The predicted molar refractivity (Wildman–Crippen MR) is 76.6 cm³/mol. The molecule has 1 aromatic rings. The van der Waals surface area contributed by atoms with E-state index in [0.29, 0.717) is 0 Å². The van der Waals surface area contributed by atoms with Crippen LogP contribution in [-0.2, 0) is 0 Å². The minimum atomic E-state index is 0.0821. The monoisotopic (exact) mass is 253 g/mol. The van der Waals surface area contributed by atoms with E-state index in [1.54, 1.807) is 0 Å². The molecule has 0 saturated carbocycles. The van der Waals surface area contributed by atoms with Crippen molar-refractivity contribution in [1.82, 2.24) is 0 Å². The second-order valence-corrected chi connectivity index (χ2v) is 5.32. The van der Waals surface area contributed by atoms with Gasteiger partial charge in [0.1, 0.15) is 0 Å². The summed E-state index contributed by atoms with van der Waals surface area (Å²) in [6, 6.07) is 4.25. The molecule has 2 N–H and O–H groups in total. The van der Waals surface area contributed by atoms with Crippen LogP contribution in [0.1, 0.15) is 61.8 Å². The van der Waals surface area contributed by atoms with Crippen LogP contribution >= 0.6 is 11.6 Å². The Morgan fingerprint density at radius 1 is 1.12 bits per heavy atom. The molecule has 96 valence electrons. The molecular weight excluding hydrogens is 230 g/mol. The highest BCUT2D eigenvalue weighted by atomic mass is 35.5. The third kappa shape index (κ3) is 4.33. The molecule has 0 saturated heterocycles. The van der Waals surface area contributed by atoms with Crippen molar-refractivity contribution in [1.29, 1.82) is 0 Å². The molecule has 0 bridgehead atoms. The van der Waals surface area contributed by atoms with E-state index in [4.69, 9.17) is 17.3 Å². The van der Waals surface area contributed by atoms with Gasteiger partial charge in [0.15, 0.2) is 0 Å². The molecule has 0 heterocycles. The Kier molecular flexibility index (Phi) is 6.01. The molecule has 1 unspecified atom stereocenters. The third-order valence-electron chi connectivity index (χ3n) is 3.38. The zero-order valence-corrected chi connectivity index (χ0v) is 12.0. The summed E-state index contributed by atoms with van der Waals surface area (Å²) in [4.78, 5) is 0. The summed E-state index contributed by atoms with van der Waals surface area (Å²) in [5, 5.41) is 0.816. The Bertz CT molecular complexity index is 360. The lowest BCUT2D eigenvalue weighted by Gasteiger charge is -2.15. The summed E-state index contributed by atoms with van der Waals surface area (Å²) in [7, 11) is 0. The van der Waals surface area contributed by atoms with Crippen molar-refractivity contribution in [2.24, 2.45) is 5.73 Å². The van der Waals surface area contributed by atoms with Crippen LogP contribution in [0.25, 0.3) is 0 Å². The lowest BCUT2D eigenvalue weighted by Crippen LogP contribution is -2.11. The summed E-state index contributed by atoms with van der Waals surface area (Å²) in [6.45, 7) is 6.41. The Morgan fingerprint density at radius 3 is 2.41 bits per heavy atom. The van der Waals surface area contributed by atoms with Crippen molar-refractivity contribution in [2.45, 2.75) is 58.9 Å². The molecule has 1 aromatic carbocycles. The van der Waals surface area contributed by atoms with Crippen molar-refractivity contribution >= 4 is 11.6 Å². The molecule has 0 radical (unpaired) electrons. The molecule has 1 nitrogen and oxygen atoms in total. The topological polar surface area (TPSA) is 26.0 Å². The average molecular weight is 254 g/mol. The van der Waals surface area contributed by atoms with Gasteiger partial charge in [-0.05, 0) is 43.0 Å². The molecule has 0 aliphatic rings. The molecule has 0 aromatic heterocycles. The first kappa shape index (κ1) is 14.5. The zero-order chi connectivity index (χ0) is 12.8. The number of benzene rings is 1. The third-order valence-corrected chi connectivity index (χ3v) is 3.71. The predicted octanol–water partition coefficient (Wildman–Crippen LogP) is 4.93. The van der Waals surface area contributed by atoms with E-state index in [1.165, 1.54) is 36.8 Å². The van der Waals surface area contributed by atoms with Crippen LogP contribution in [0.5, 0.6) is 0 Å². The number of aryl methyl sites for hydroxylation is 2. The maximum absolute atomic E-state index is 6.26. The fourth-order valence-corrected chi connectivity index (χ4v) is 2.39. The normalized spacial score (nSPS) is 12.8. The first-order valence-electron chi connectivity index (χ1n) is 6.58. The fourth-order valence-electron chi connectivity index (χ4n) is 2.03. The van der Waals surface area contributed by atoms with Gasteiger partial charge in [-0.25, -0.2) is 0 Å².